The third-order valence-electron chi connectivity index (χ3n) is 5.46. The number of nitrogens with zero attached hydrogens (tertiary/aromatic N) is 4. The van der Waals surface area contributed by atoms with Crippen LogP contribution in [-0.4, -0.2) is 52.9 Å². The van der Waals surface area contributed by atoms with Gasteiger partial charge in [-0.25, -0.2) is 4.98 Å². The second kappa shape index (κ2) is 10.0. The summed E-state index contributed by atoms with van der Waals surface area (Å²) in [4.78, 5) is 37.3. The van der Waals surface area contributed by atoms with Crippen molar-refractivity contribution in [3.8, 4) is 0 Å². The van der Waals surface area contributed by atoms with E-state index in [-0.39, 0.29) is 17.7 Å². The highest BCUT2D eigenvalue weighted by atomic mass is 16.2. The maximum Gasteiger partial charge on any atom is 0.253 e. The van der Waals surface area contributed by atoms with Crippen molar-refractivity contribution >= 4 is 17.6 Å². The van der Waals surface area contributed by atoms with Crippen molar-refractivity contribution in [2.75, 3.05) is 31.1 Å². The zero-order valence-electron chi connectivity index (χ0n) is 17.2. The minimum absolute atomic E-state index is 0.0199. The van der Waals surface area contributed by atoms with Crippen molar-refractivity contribution in [1.29, 1.82) is 0 Å². The standard InChI is InChI=1S/C22H29N5O2/c1-3-26(4-2)22(29)19-7-5-17(6-8-19)15-25-21(28)18-9-13-27(14-10-18)20-16-23-11-12-24-20/h5-8,11-12,16,18H,3-4,9-10,13-15H2,1-2H3,(H,25,28). The van der Waals surface area contributed by atoms with E-state index in [9.17, 15) is 9.59 Å². The number of carbonyl (C=O) groups is 2. The van der Waals surface area contributed by atoms with Crippen molar-refractivity contribution in [2.45, 2.75) is 33.2 Å². The van der Waals surface area contributed by atoms with E-state index in [2.05, 4.69) is 20.2 Å². The third kappa shape index (κ3) is 5.31. The van der Waals surface area contributed by atoms with Gasteiger partial charge in [-0.3, -0.25) is 14.6 Å². The first-order valence-electron chi connectivity index (χ1n) is 10.3. The predicted octanol–water partition coefficient (Wildman–Crippen LogP) is 2.49. The Morgan fingerprint density at radius 2 is 1.79 bits per heavy atom. The summed E-state index contributed by atoms with van der Waals surface area (Å²) in [5.74, 6) is 1.02. The number of benzene rings is 1. The molecule has 29 heavy (non-hydrogen) atoms. The van der Waals surface area contributed by atoms with E-state index in [0.29, 0.717) is 25.2 Å². The van der Waals surface area contributed by atoms with Gasteiger partial charge in [-0.2, -0.15) is 0 Å². The Labute approximate surface area is 172 Å². The minimum Gasteiger partial charge on any atom is -0.355 e. The molecule has 0 spiro atoms. The largest absolute Gasteiger partial charge is 0.355 e. The molecule has 1 saturated heterocycles. The van der Waals surface area contributed by atoms with Gasteiger partial charge in [0.05, 0.1) is 6.20 Å². The van der Waals surface area contributed by atoms with Crippen LogP contribution in [-0.2, 0) is 11.3 Å². The fraction of sp³-hybridized carbons (Fsp3) is 0.455. The molecule has 2 amide bonds. The quantitative estimate of drug-likeness (QED) is 0.779. The van der Waals surface area contributed by atoms with Crippen molar-refractivity contribution in [2.24, 2.45) is 5.92 Å². The van der Waals surface area contributed by atoms with Crippen molar-refractivity contribution < 1.29 is 9.59 Å². The molecule has 1 fully saturated rings. The summed E-state index contributed by atoms with van der Waals surface area (Å²) in [6.45, 7) is 7.43. The van der Waals surface area contributed by atoms with E-state index in [4.69, 9.17) is 0 Å². The topological polar surface area (TPSA) is 78.4 Å². The van der Waals surface area contributed by atoms with Gasteiger partial charge in [0, 0.05) is 56.6 Å². The number of aromatic nitrogens is 2. The normalized spacial score (nSPS) is 14.5. The number of nitrogens with one attached hydrogen (secondary N) is 1. The number of rotatable bonds is 7. The summed E-state index contributed by atoms with van der Waals surface area (Å²) in [6.07, 6.45) is 6.72. The molecule has 0 unspecified atom stereocenters. The molecule has 0 bridgehead atoms. The molecule has 0 saturated carbocycles. The summed E-state index contributed by atoms with van der Waals surface area (Å²) in [5.41, 5.74) is 1.67. The highest BCUT2D eigenvalue weighted by Crippen LogP contribution is 2.21. The van der Waals surface area contributed by atoms with Gasteiger partial charge in [-0.15, -0.1) is 0 Å². The second-order valence-corrected chi connectivity index (χ2v) is 7.22. The van der Waals surface area contributed by atoms with Crippen LogP contribution in [0.25, 0.3) is 0 Å². The zero-order valence-corrected chi connectivity index (χ0v) is 17.2. The van der Waals surface area contributed by atoms with E-state index in [1.54, 1.807) is 23.5 Å². The Morgan fingerprint density at radius 3 is 2.38 bits per heavy atom. The van der Waals surface area contributed by atoms with Gasteiger partial charge in [0.15, 0.2) is 0 Å². The van der Waals surface area contributed by atoms with Crippen LogP contribution >= 0.6 is 0 Å². The van der Waals surface area contributed by atoms with Crippen molar-refractivity contribution in [3.05, 3.63) is 54.0 Å². The van der Waals surface area contributed by atoms with Gasteiger partial charge >= 0.3 is 0 Å². The van der Waals surface area contributed by atoms with Gasteiger partial charge in [0.2, 0.25) is 5.91 Å². The molecule has 154 valence electrons. The average Bonchev–Trinajstić information content (AvgIpc) is 2.79. The minimum atomic E-state index is 0.0199. The molecule has 7 heteroatoms. The fourth-order valence-corrected chi connectivity index (χ4v) is 3.62. The lowest BCUT2D eigenvalue weighted by molar-refractivity contribution is -0.125. The molecular formula is C22H29N5O2. The molecule has 0 aliphatic carbocycles. The Morgan fingerprint density at radius 1 is 1.10 bits per heavy atom. The lowest BCUT2D eigenvalue weighted by Crippen LogP contribution is -2.40. The van der Waals surface area contributed by atoms with Gasteiger partial charge in [-0.1, -0.05) is 12.1 Å². The SMILES string of the molecule is CCN(CC)C(=O)c1ccc(CNC(=O)C2CCN(c3cnccn3)CC2)cc1. The lowest BCUT2D eigenvalue weighted by Gasteiger charge is -2.31. The zero-order chi connectivity index (χ0) is 20.6. The number of carbonyl (C=O) groups excluding carboxylic acids is 2. The van der Waals surface area contributed by atoms with Gasteiger partial charge in [-0.05, 0) is 44.4 Å². The Kier molecular flexibility index (Phi) is 7.16. The van der Waals surface area contributed by atoms with Crippen LogP contribution in [0.3, 0.4) is 0 Å². The first-order chi connectivity index (χ1) is 14.1. The van der Waals surface area contributed by atoms with Gasteiger partial charge in [0.25, 0.3) is 5.91 Å². The molecule has 1 aromatic carbocycles. The van der Waals surface area contributed by atoms with E-state index in [1.165, 1.54) is 0 Å². The molecular weight excluding hydrogens is 366 g/mol. The molecule has 3 rings (SSSR count). The monoisotopic (exact) mass is 395 g/mol. The highest BCUT2D eigenvalue weighted by Gasteiger charge is 2.25. The molecule has 0 atom stereocenters. The molecule has 0 radical (unpaired) electrons. The van der Waals surface area contributed by atoms with Crippen LogP contribution in [0.1, 0.15) is 42.6 Å². The molecule has 1 aliphatic heterocycles. The van der Waals surface area contributed by atoms with Crippen molar-refractivity contribution in [1.82, 2.24) is 20.2 Å². The number of piperidine rings is 1. The Bertz CT molecular complexity index is 798. The number of hydrogen-bond donors (Lipinski definition) is 1. The van der Waals surface area contributed by atoms with Crippen LogP contribution in [0, 0.1) is 5.92 Å². The van der Waals surface area contributed by atoms with Crippen LogP contribution in [0.5, 0.6) is 0 Å². The first-order valence-corrected chi connectivity index (χ1v) is 10.3. The molecule has 1 aromatic heterocycles. The maximum atomic E-state index is 12.5. The van der Waals surface area contributed by atoms with Crippen molar-refractivity contribution in [3.63, 3.8) is 0 Å². The van der Waals surface area contributed by atoms with Crippen LogP contribution in [0.15, 0.2) is 42.9 Å². The Hall–Kier alpha value is -2.96. The molecule has 1 N–H and O–H groups in total. The van der Waals surface area contributed by atoms with E-state index in [1.807, 2.05) is 38.1 Å². The predicted molar refractivity (Wildman–Crippen MR) is 113 cm³/mol. The average molecular weight is 396 g/mol. The Balaban J connectivity index is 1.47. The van der Waals surface area contributed by atoms with Crippen LogP contribution in [0.2, 0.25) is 0 Å². The van der Waals surface area contributed by atoms with Gasteiger partial charge in [0.1, 0.15) is 5.82 Å². The molecule has 2 aromatic rings. The summed E-state index contributed by atoms with van der Waals surface area (Å²) in [5, 5.41) is 3.04. The van der Waals surface area contributed by atoms with Crippen LogP contribution < -0.4 is 10.2 Å². The van der Waals surface area contributed by atoms with Crippen LogP contribution in [0.4, 0.5) is 5.82 Å². The van der Waals surface area contributed by atoms with Gasteiger partial charge < -0.3 is 15.1 Å². The number of hydrogen-bond acceptors (Lipinski definition) is 5. The first kappa shape index (κ1) is 20.8. The maximum absolute atomic E-state index is 12.5. The molecule has 7 nitrogen and oxygen atoms in total. The summed E-state index contributed by atoms with van der Waals surface area (Å²) >= 11 is 0. The number of anilines is 1. The number of amides is 2. The van der Waals surface area contributed by atoms with E-state index >= 15 is 0 Å². The fourth-order valence-electron chi connectivity index (χ4n) is 3.62. The summed E-state index contributed by atoms with van der Waals surface area (Å²) in [6, 6.07) is 7.49. The highest BCUT2D eigenvalue weighted by molar-refractivity contribution is 5.94. The van der Waals surface area contributed by atoms with E-state index in [0.717, 1.165) is 37.3 Å². The molecule has 1 aliphatic rings. The summed E-state index contributed by atoms with van der Waals surface area (Å²) < 4.78 is 0. The molecule has 2 heterocycles. The third-order valence-corrected chi connectivity index (χ3v) is 5.46. The second-order valence-electron chi connectivity index (χ2n) is 7.22. The lowest BCUT2D eigenvalue weighted by atomic mass is 9.96. The van der Waals surface area contributed by atoms with E-state index < -0.39 is 0 Å². The smallest absolute Gasteiger partial charge is 0.253 e. The summed E-state index contributed by atoms with van der Waals surface area (Å²) in [7, 11) is 0.